The van der Waals surface area contributed by atoms with Crippen molar-refractivity contribution in [3.05, 3.63) is 48.0 Å². The average molecular weight is 537 g/mol. The van der Waals surface area contributed by atoms with E-state index in [1.54, 1.807) is 0 Å². The molecule has 3 N–H and O–H groups in total. The van der Waals surface area contributed by atoms with Gasteiger partial charge in [0.15, 0.2) is 0 Å². The summed E-state index contributed by atoms with van der Waals surface area (Å²) in [6, 6.07) is 13.8. The summed E-state index contributed by atoms with van der Waals surface area (Å²) in [5, 5.41) is 27.5. The van der Waals surface area contributed by atoms with Crippen LogP contribution in [0.25, 0.3) is 10.8 Å². The predicted octanol–water partition coefficient (Wildman–Crippen LogP) is 5.58. The molecule has 2 aliphatic carbocycles. The zero-order valence-corrected chi connectivity index (χ0v) is 23.9. The van der Waals surface area contributed by atoms with Crippen LogP contribution in [0.5, 0.6) is 0 Å². The van der Waals surface area contributed by atoms with Gasteiger partial charge < -0.3 is 20.4 Å². The van der Waals surface area contributed by atoms with Gasteiger partial charge >= 0.3 is 0 Å². The summed E-state index contributed by atoms with van der Waals surface area (Å²) in [6.45, 7) is 5.11. The first-order valence-electron chi connectivity index (χ1n) is 15.2. The van der Waals surface area contributed by atoms with Crippen LogP contribution in [0.4, 0.5) is 0 Å². The number of carbonyl (C=O) groups excluding carboxylic acids is 2. The first-order chi connectivity index (χ1) is 18.8. The first-order valence-corrected chi connectivity index (χ1v) is 15.2. The molecular formula is C33H48N2O4. The molecule has 2 fully saturated rings. The fraction of sp³-hybridized carbons (Fsp3) is 0.636. The van der Waals surface area contributed by atoms with Crippen molar-refractivity contribution in [2.75, 3.05) is 6.54 Å². The Morgan fingerprint density at radius 1 is 0.923 bits per heavy atom. The van der Waals surface area contributed by atoms with Gasteiger partial charge in [-0.1, -0.05) is 88.4 Å². The molecule has 0 unspecified atom stereocenters. The standard InChI is InChI=1S/C33H48N2O4/c1-23(2)19-30(36)33(39)29(20-24-9-4-3-5-10-24)35(22-25-15-16-25)32(38)18-17-31(37)34-21-27-13-8-12-26-11-6-7-14-28(26)27/h6-8,11-14,23-25,29-30,33,36,39H,3-5,9-10,15-22H2,1-2H3,(H,34,37)/t29-,30-,33+/m0/s1. The van der Waals surface area contributed by atoms with Crippen LogP contribution in [0.3, 0.4) is 0 Å². The first kappa shape index (κ1) is 29.5. The molecule has 0 heterocycles. The van der Waals surface area contributed by atoms with E-state index in [-0.39, 0.29) is 30.6 Å². The van der Waals surface area contributed by atoms with Crippen molar-refractivity contribution in [1.82, 2.24) is 10.2 Å². The fourth-order valence-electron chi connectivity index (χ4n) is 6.19. The van der Waals surface area contributed by atoms with E-state index in [1.165, 1.54) is 19.3 Å². The molecule has 3 atom stereocenters. The molecule has 2 saturated carbocycles. The van der Waals surface area contributed by atoms with Crippen LogP contribution in [0, 0.1) is 17.8 Å². The molecule has 0 bridgehead atoms. The SMILES string of the molecule is CC(C)C[C@H](O)[C@H](O)[C@H](CC1CCCCC1)N(CC1CC1)C(=O)CCC(=O)NCc1cccc2ccccc12. The molecular weight excluding hydrogens is 488 g/mol. The molecule has 39 heavy (non-hydrogen) atoms. The quantitative estimate of drug-likeness (QED) is 0.294. The summed E-state index contributed by atoms with van der Waals surface area (Å²) >= 11 is 0. The molecule has 2 aromatic carbocycles. The summed E-state index contributed by atoms with van der Waals surface area (Å²) < 4.78 is 0. The minimum atomic E-state index is -0.975. The van der Waals surface area contributed by atoms with Gasteiger partial charge in [0.25, 0.3) is 0 Å². The van der Waals surface area contributed by atoms with E-state index >= 15 is 0 Å². The Bertz CT molecular complexity index is 1070. The zero-order valence-electron chi connectivity index (χ0n) is 23.9. The molecule has 4 rings (SSSR count). The number of hydrogen-bond donors (Lipinski definition) is 3. The summed E-state index contributed by atoms with van der Waals surface area (Å²) in [6.07, 6.45) is 7.67. The molecule has 2 aromatic rings. The summed E-state index contributed by atoms with van der Waals surface area (Å²) in [5.41, 5.74) is 1.05. The number of aliphatic hydroxyl groups excluding tert-OH is 2. The molecule has 0 spiro atoms. The number of carbonyl (C=O) groups is 2. The molecule has 2 aliphatic rings. The summed E-state index contributed by atoms with van der Waals surface area (Å²) in [4.78, 5) is 28.3. The van der Waals surface area contributed by atoms with Crippen molar-refractivity contribution in [3.8, 4) is 0 Å². The lowest BCUT2D eigenvalue weighted by Gasteiger charge is -2.40. The Labute approximate surface area is 234 Å². The second kappa shape index (κ2) is 14.3. The van der Waals surface area contributed by atoms with Crippen LogP contribution in [-0.4, -0.2) is 51.7 Å². The van der Waals surface area contributed by atoms with Crippen LogP contribution >= 0.6 is 0 Å². The van der Waals surface area contributed by atoms with Crippen LogP contribution in [0.2, 0.25) is 0 Å². The fourth-order valence-corrected chi connectivity index (χ4v) is 6.19. The van der Waals surface area contributed by atoms with Crippen LogP contribution in [0.15, 0.2) is 42.5 Å². The lowest BCUT2D eigenvalue weighted by Crippen LogP contribution is -2.53. The Kier molecular flexibility index (Phi) is 10.8. The number of benzene rings is 2. The van der Waals surface area contributed by atoms with Gasteiger partial charge in [0.05, 0.1) is 12.1 Å². The minimum Gasteiger partial charge on any atom is -0.390 e. The molecule has 214 valence electrons. The molecule has 0 aliphatic heterocycles. The van der Waals surface area contributed by atoms with E-state index in [4.69, 9.17) is 0 Å². The van der Waals surface area contributed by atoms with E-state index in [0.717, 1.165) is 48.4 Å². The van der Waals surface area contributed by atoms with Crippen molar-refractivity contribution in [2.45, 2.75) is 109 Å². The third-order valence-electron chi connectivity index (χ3n) is 8.60. The van der Waals surface area contributed by atoms with Gasteiger partial charge in [-0.15, -0.1) is 0 Å². The Hall–Kier alpha value is -2.44. The number of rotatable bonds is 14. The molecule has 6 heteroatoms. The van der Waals surface area contributed by atoms with Crippen molar-refractivity contribution < 1.29 is 19.8 Å². The topological polar surface area (TPSA) is 89.9 Å². The van der Waals surface area contributed by atoms with Gasteiger partial charge in [-0.25, -0.2) is 0 Å². The zero-order chi connectivity index (χ0) is 27.8. The van der Waals surface area contributed by atoms with Gasteiger partial charge in [-0.05, 0) is 59.8 Å². The van der Waals surface area contributed by atoms with Gasteiger partial charge in [0.1, 0.15) is 6.10 Å². The largest absolute Gasteiger partial charge is 0.390 e. The lowest BCUT2D eigenvalue weighted by atomic mass is 9.81. The van der Waals surface area contributed by atoms with Crippen molar-refractivity contribution >= 4 is 22.6 Å². The highest BCUT2D eigenvalue weighted by Crippen LogP contribution is 2.35. The normalized spacial score (nSPS) is 18.6. The highest BCUT2D eigenvalue weighted by molar-refractivity contribution is 5.87. The number of hydrogen-bond acceptors (Lipinski definition) is 4. The Morgan fingerprint density at radius 3 is 2.36 bits per heavy atom. The Balaban J connectivity index is 1.40. The lowest BCUT2D eigenvalue weighted by molar-refractivity contribution is -0.141. The third-order valence-corrected chi connectivity index (χ3v) is 8.60. The van der Waals surface area contributed by atoms with Crippen molar-refractivity contribution in [1.29, 1.82) is 0 Å². The summed E-state index contributed by atoms with van der Waals surface area (Å²) in [7, 11) is 0. The number of amides is 2. The molecule has 0 radical (unpaired) electrons. The number of fused-ring (bicyclic) bond motifs is 1. The summed E-state index contributed by atoms with van der Waals surface area (Å²) in [5.74, 6) is 0.939. The minimum absolute atomic E-state index is 0.0844. The highest BCUT2D eigenvalue weighted by Gasteiger charge is 2.38. The Morgan fingerprint density at radius 2 is 1.64 bits per heavy atom. The van der Waals surface area contributed by atoms with Gasteiger partial charge in [-0.3, -0.25) is 9.59 Å². The third kappa shape index (κ3) is 8.77. The van der Waals surface area contributed by atoms with E-state index < -0.39 is 18.2 Å². The van der Waals surface area contributed by atoms with Crippen LogP contribution in [-0.2, 0) is 16.1 Å². The molecule has 2 amide bonds. The second-order valence-electron chi connectivity index (χ2n) is 12.4. The van der Waals surface area contributed by atoms with Gasteiger partial charge in [0.2, 0.25) is 11.8 Å². The van der Waals surface area contributed by atoms with E-state index in [9.17, 15) is 19.8 Å². The smallest absolute Gasteiger partial charge is 0.223 e. The maximum Gasteiger partial charge on any atom is 0.223 e. The van der Waals surface area contributed by atoms with E-state index in [1.807, 2.05) is 43.0 Å². The molecule has 0 aromatic heterocycles. The van der Waals surface area contributed by atoms with Crippen molar-refractivity contribution in [3.63, 3.8) is 0 Å². The number of nitrogens with one attached hydrogen (secondary N) is 1. The van der Waals surface area contributed by atoms with E-state index in [2.05, 4.69) is 23.5 Å². The van der Waals surface area contributed by atoms with Gasteiger partial charge in [-0.2, -0.15) is 0 Å². The van der Waals surface area contributed by atoms with Gasteiger partial charge in [0, 0.05) is 25.9 Å². The number of aliphatic hydroxyl groups is 2. The molecule has 0 saturated heterocycles. The predicted molar refractivity (Wildman–Crippen MR) is 156 cm³/mol. The van der Waals surface area contributed by atoms with Crippen LogP contribution in [0.1, 0.15) is 90.0 Å². The number of nitrogens with zero attached hydrogens (tertiary/aromatic N) is 1. The highest BCUT2D eigenvalue weighted by atomic mass is 16.3. The monoisotopic (exact) mass is 536 g/mol. The van der Waals surface area contributed by atoms with Crippen LogP contribution < -0.4 is 5.32 Å². The second-order valence-corrected chi connectivity index (χ2v) is 12.4. The maximum atomic E-state index is 13.6. The van der Waals surface area contributed by atoms with Crippen molar-refractivity contribution in [2.24, 2.45) is 17.8 Å². The molecule has 6 nitrogen and oxygen atoms in total. The van der Waals surface area contributed by atoms with E-state index in [0.29, 0.717) is 31.3 Å². The maximum absolute atomic E-state index is 13.6. The average Bonchev–Trinajstić information content (AvgIpc) is 3.76.